The molecular weight excluding hydrogens is 383 g/mol. The number of hydrogen-bond donors (Lipinski definition) is 2. The monoisotopic (exact) mass is 394 g/mol. The molecule has 1 amide bonds. The fourth-order valence-corrected chi connectivity index (χ4v) is 2.85. The van der Waals surface area contributed by atoms with Crippen LogP contribution in [-0.2, 0) is 0 Å². The average molecular weight is 394 g/mol. The number of fused-ring (bicyclic) bond motifs is 1. The van der Waals surface area contributed by atoms with Crippen LogP contribution in [-0.4, -0.2) is 30.3 Å². The molecule has 3 N–H and O–H groups in total. The number of H-pyrrole nitrogens is 1. The first-order valence-corrected chi connectivity index (χ1v) is 8.18. The number of aromatic nitrogens is 4. The van der Waals surface area contributed by atoms with E-state index in [1.807, 2.05) is 0 Å². The number of aromatic amines is 1. The van der Waals surface area contributed by atoms with E-state index >= 15 is 0 Å². The van der Waals surface area contributed by atoms with E-state index in [4.69, 9.17) is 5.73 Å². The predicted molar refractivity (Wildman–Crippen MR) is 100 cm³/mol. The Balaban J connectivity index is 1.99. The third-order valence-electron chi connectivity index (χ3n) is 4.19. The highest BCUT2D eigenvalue weighted by Gasteiger charge is 2.20. The summed E-state index contributed by atoms with van der Waals surface area (Å²) in [4.78, 5) is 45.6. The summed E-state index contributed by atoms with van der Waals surface area (Å²) in [7, 11) is 0. The average Bonchev–Trinajstić information content (AvgIpc) is 3.03. The van der Waals surface area contributed by atoms with Gasteiger partial charge in [0.1, 0.15) is 11.3 Å². The molecule has 0 aliphatic rings. The lowest BCUT2D eigenvalue weighted by molar-refractivity contribution is -0.384. The van der Waals surface area contributed by atoms with Crippen molar-refractivity contribution in [2.24, 2.45) is 5.73 Å². The van der Waals surface area contributed by atoms with Crippen molar-refractivity contribution in [1.82, 2.24) is 19.5 Å². The van der Waals surface area contributed by atoms with Gasteiger partial charge in [-0.3, -0.25) is 14.9 Å². The molecule has 0 bridgehead atoms. The maximum atomic E-state index is 13.3. The largest absolute Gasteiger partial charge is 0.364 e. The molecule has 0 radical (unpaired) electrons. The lowest BCUT2D eigenvalue weighted by Crippen LogP contribution is -2.15. The molecule has 144 valence electrons. The number of rotatable bonds is 4. The number of nitrogens with one attached hydrogen (secondary N) is 1. The van der Waals surface area contributed by atoms with E-state index in [0.29, 0.717) is 11.3 Å². The van der Waals surface area contributed by atoms with Crippen molar-refractivity contribution in [2.45, 2.75) is 0 Å². The van der Waals surface area contributed by atoms with Gasteiger partial charge in [-0.1, -0.05) is 0 Å². The summed E-state index contributed by atoms with van der Waals surface area (Å²) < 4.78 is 14.4. The van der Waals surface area contributed by atoms with Gasteiger partial charge in [0.2, 0.25) is 0 Å². The molecule has 0 unspecified atom stereocenters. The van der Waals surface area contributed by atoms with Crippen LogP contribution >= 0.6 is 0 Å². The van der Waals surface area contributed by atoms with E-state index < -0.39 is 22.3 Å². The lowest BCUT2D eigenvalue weighted by Gasteiger charge is -2.06. The van der Waals surface area contributed by atoms with Crippen LogP contribution in [0.25, 0.3) is 28.2 Å². The van der Waals surface area contributed by atoms with Gasteiger partial charge >= 0.3 is 5.69 Å². The molecular formula is C18H11FN6O4. The number of nitro benzene ring substituents is 1. The van der Waals surface area contributed by atoms with Gasteiger partial charge < -0.3 is 10.7 Å². The molecule has 0 saturated heterocycles. The van der Waals surface area contributed by atoms with Gasteiger partial charge in [0.15, 0.2) is 17.2 Å². The molecule has 0 aliphatic carbocycles. The summed E-state index contributed by atoms with van der Waals surface area (Å²) in [6.07, 6.45) is 0. The number of halogens is 1. The van der Waals surface area contributed by atoms with Crippen LogP contribution in [0.4, 0.5) is 10.1 Å². The Bertz CT molecular complexity index is 1330. The van der Waals surface area contributed by atoms with Crippen LogP contribution in [0.3, 0.4) is 0 Å². The Morgan fingerprint density at radius 1 is 1.10 bits per heavy atom. The van der Waals surface area contributed by atoms with Gasteiger partial charge in [0.25, 0.3) is 11.6 Å². The number of amides is 1. The minimum absolute atomic E-state index is 0.0255. The zero-order valence-electron chi connectivity index (χ0n) is 14.5. The van der Waals surface area contributed by atoms with Crippen molar-refractivity contribution in [3.8, 4) is 17.1 Å². The van der Waals surface area contributed by atoms with Gasteiger partial charge in [0, 0.05) is 17.7 Å². The number of non-ortho nitro benzene ring substituents is 1. The van der Waals surface area contributed by atoms with Gasteiger partial charge in [-0.05, 0) is 36.4 Å². The van der Waals surface area contributed by atoms with E-state index in [9.17, 15) is 24.1 Å². The van der Waals surface area contributed by atoms with Crippen LogP contribution in [0.2, 0.25) is 0 Å². The fourth-order valence-electron chi connectivity index (χ4n) is 2.85. The van der Waals surface area contributed by atoms with Crippen LogP contribution in [0.15, 0.2) is 53.3 Å². The predicted octanol–water partition coefficient (Wildman–Crippen LogP) is 1.92. The van der Waals surface area contributed by atoms with Crippen molar-refractivity contribution < 1.29 is 14.1 Å². The zero-order valence-corrected chi connectivity index (χ0v) is 14.5. The molecule has 2 heterocycles. The highest BCUT2D eigenvalue weighted by Crippen LogP contribution is 2.23. The molecule has 0 spiro atoms. The van der Waals surface area contributed by atoms with E-state index in [-0.39, 0.29) is 28.4 Å². The highest BCUT2D eigenvalue weighted by atomic mass is 19.1. The normalized spacial score (nSPS) is 10.9. The first-order chi connectivity index (χ1) is 13.8. The quantitative estimate of drug-likeness (QED) is 0.399. The van der Waals surface area contributed by atoms with Gasteiger partial charge in [0.05, 0.1) is 10.6 Å². The van der Waals surface area contributed by atoms with Crippen LogP contribution in [0.1, 0.15) is 10.5 Å². The zero-order chi connectivity index (χ0) is 20.7. The number of imidazole rings is 1. The molecule has 0 fully saturated rings. The van der Waals surface area contributed by atoms with E-state index in [1.54, 1.807) is 0 Å². The maximum absolute atomic E-state index is 13.3. The molecule has 10 nitrogen and oxygen atoms in total. The Morgan fingerprint density at radius 2 is 1.76 bits per heavy atom. The van der Waals surface area contributed by atoms with Crippen molar-refractivity contribution in [3.05, 3.63) is 80.6 Å². The molecule has 0 atom stereocenters. The molecule has 2 aromatic heterocycles. The molecule has 4 rings (SSSR count). The van der Waals surface area contributed by atoms with Gasteiger partial charge in [-0.2, -0.15) is 0 Å². The topological polar surface area (TPSA) is 150 Å². The number of nitrogens with two attached hydrogens (primary N) is 1. The van der Waals surface area contributed by atoms with Crippen LogP contribution in [0, 0.1) is 15.9 Å². The van der Waals surface area contributed by atoms with Gasteiger partial charge in [-0.25, -0.2) is 23.7 Å². The van der Waals surface area contributed by atoms with Crippen molar-refractivity contribution in [2.75, 3.05) is 0 Å². The van der Waals surface area contributed by atoms with Crippen molar-refractivity contribution >= 4 is 22.8 Å². The summed E-state index contributed by atoms with van der Waals surface area (Å²) in [5.74, 6) is -1.34. The summed E-state index contributed by atoms with van der Waals surface area (Å²) >= 11 is 0. The Kier molecular flexibility index (Phi) is 4.11. The first kappa shape index (κ1) is 18.0. The second kappa shape index (κ2) is 6.64. The number of carbonyl (C=O) groups is 1. The fraction of sp³-hybridized carbons (Fsp3) is 0. The standard InChI is InChI=1S/C18H11FN6O4/c19-10-3-7-11(8-4-10)24-17-14(22-18(24)27)13(15(20)26)21-16(23-17)9-1-5-12(6-2-9)25(28)29/h1-8H,(H2,20,26)(H,22,27). The number of carbonyl (C=O) groups excluding carboxylic acids is 1. The second-order valence-corrected chi connectivity index (χ2v) is 6.00. The summed E-state index contributed by atoms with van der Waals surface area (Å²) in [5, 5.41) is 10.8. The van der Waals surface area contributed by atoms with Crippen molar-refractivity contribution in [3.63, 3.8) is 0 Å². The molecule has 11 heteroatoms. The molecule has 4 aromatic rings. The lowest BCUT2D eigenvalue weighted by atomic mass is 10.2. The SMILES string of the molecule is NC(=O)c1nc(-c2ccc([N+](=O)[O-])cc2)nc2c1[nH]c(=O)n2-c1ccc(F)cc1. The first-order valence-electron chi connectivity index (χ1n) is 8.18. The summed E-state index contributed by atoms with van der Waals surface area (Å²) in [6, 6.07) is 10.5. The number of nitrogens with zero attached hydrogens (tertiary/aromatic N) is 4. The van der Waals surface area contributed by atoms with Gasteiger partial charge in [-0.15, -0.1) is 0 Å². The van der Waals surface area contributed by atoms with Crippen molar-refractivity contribution in [1.29, 1.82) is 0 Å². The Hall–Kier alpha value is -4.41. The minimum Gasteiger partial charge on any atom is -0.364 e. The number of hydrogen-bond acceptors (Lipinski definition) is 6. The van der Waals surface area contributed by atoms with E-state index in [0.717, 1.165) is 4.57 Å². The minimum atomic E-state index is -0.895. The smallest absolute Gasteiger partial charge is 0.332 e. The number of nitro groups is 1. The number of primary amides is 1. The third kappa shape index (κ3) is 3.10. The van der Waals surface area contributed by atoms with E-state index in [1.165, 1.54) is 48.5 Å². The highest BCUT2D eigenvalue weighted by molar-refractivity contribution is 6.02. The molecule has 0 aliphatic heterocycles. The maximum Gasteiger partial charge on any atom is 0.332 e. The molecule has 0 saturated carbocycles. The Labute approximate surface area is 160 Å². The summed E-state index contributed by atoms with van der Waals surface area (Å²) in [6.45, 7) is 0. The second-order valence-electron chi connectivity index (χ2n) is 6.00. The van der Waals surface area contributed by atoms with Crippen LogP contribution < -0.4 is 11.4 Å². The Morgan fingerprint density at radius 3 is 2.34 bits per heavy atom. The number of benzene rings is 2. The molecule has 29 heavy (non-hydrogen) atoms. The molecule has 2 aromatic carbocycles. The third-order valence-corrected chi connectivity index (χ3v) is 4.19. The van der Waals surface area contributed by atoms with Crippen LogP contribution in [0.5, 0.6) is 0 Å². The summed E-state index contributed by atoms with van der Waals surface area (Å²) in [5.41, 5.74) is 5.20. The van der Waals surface area contributed by atoms with E-state index in [2.05, 4.69) is 15.0 Å².